The fourth-order valence-corrected chi connectivity index (χ4v) is 13.4. The first kappa shape index (κ1) is 54.8. The molecule has 4 aromatic rings. The van der Waals surface area contributed by atoms with E-state index in [1.54, 1.807) is 107 Å². The van der Waals surface area contributed by atoms with Crippen molar-refractivity contribution in [2.45, 2.75) is 111 Å². The van der Waals surface area contributed by atoms with Crippen molar-refractivity contribution in [3.8, 4) is 0 Å². The number of hydrogen-bond donors (Lipinski definition) is 2. The summed E-state index contributed by atoms with van der Waals surface area (Å²) in [4.78, 5) is 106. The lowest BCUT2D eigenvalue weighted by atomic mass is 10.0. The highest BCUT2D eigenvalue weighted by atomic mass is 32.2. The van der Waals surface area contributed by atoms with Crippen molar-refractivity contribution in [3.05, 3.63) is 177 Å². The molecule has 0 bridgehead atoms. The molecular formula is C54H60N10O10S2. The maximum Gasteiger partial charge on any atom is 0.254 e. The van der Waals surface area contributed by atoms with Gasteiger partial charge in [0.25, 0.3) is 23.6 Å². The Bertz CT molecular complexity index is 2730. The monoisotopic (exact) mass is 1070 g/mol. The zero-order valence-corrected chi connectivity index (χ0v) is 44.5. The average Bonchev–Trinajstić information content (AvgIpc) is 3.77. The lowest BCUT2D eigenvalue weighted by molar-refractivity contribution is -0.932. The number of β-lactam (4-membered cyclic amide) rings is 2. The van der Waals surface area contributed by atoms with Gasteiger partial charge in [-0.3, -0.25) is 19.2 Å². The van der Waals surface area contributed by atoms with Crippen LogP contribution in [-0.4, -0.2) is 123 Å². The third kappa shape index (κ3) is 10.2. The van der Waals surface area contributed by atoms with Crippen molar-refractivity contribution in [2.75, 3.05) is 13.1 Å². The van der Waals surface area contributed by atoms with Crippen LogP contribution in [0.2, 0.25) is 0 Å². The van der Waals surface area contributed by atoms with Crippen LogP contribution < -0.4 is 20.8 Å². The lowest BCUT2D eigenvalue weighted by Gasteiger charge is -2.54. The van der Waals surface area contributed by atoms with Crippen LogP contribution in [0.25, 0.3) is 0 Å². The first-order valence-electron chi connectivity index (χ1n) is 24.7. The number of nitroso groups, excluding NO2 is 2. The molecule has 0 saturated carbocycles. The van der Waals surface area contributed by atoms with E-state index in [2.05, 4.69) is 77.0 Å². The van der Waals surface area contributed by atoms with E-state index in [1.807, 2.05) is 0 Å². The Kier molecular flexibility index (Phi) is 16.2. The number of rotatable bonds is 14. The number of carbonyl (C=O) groups excluding carboxylic acids is 6. The Labute approximate surface area is 448 Å². The van der Waals surface area contributed by atoms with Crippen LogP contribution in [0.5, 0.6) is 0 Å². The van der Waals surface area contributed by atoms with Gasteiger partial charge in [0.1, 0.15) is 60.3 Å². The molecule has 76 heavy (non-hydrogen) atoms. The van der Waals surface area contributed by atoms with Gasteiger partial charge in [-0.2, -0.15) is 0 Å². The predicted molar refractivity (Wildman–Crippen MR) is 278 cm³/mol. The van der Waals surface area contributed by atoms with E-state index in [4.69, 9.17) is 0 Å². The third-order valence-corrected chi connectivity index (χ3v) is 17.6. The van der Waals surface area contributed by atoms with E-state index in [1.165, 1.54) is 43.1 Å². The molecule has 8 atom stereocenters. The molecule has 6 aliphatic rings. The number of carboxylic acid groups (broad SMARTS) is 2. The van der Waals surface area contributed by atoms with Crippen molar-refractivity contribution < 1.29 is 49.6 Å². The van der Waals surface area contributed by atoms with Crippen molar-refractivity contribution >= 4 is 59.1 Å². The molecule has 4 fully saturated rings. The van der Waals surface area contributed by atoms with Gasteiger partial charge in [0.2, 0.25) is 0 Å². The lowest BCUT2D eigenvalue weighted by Crippen LogP contribution is -3.11. The van der Waals surface area contributed by atoms with E-state index in [0.29, 0.717) is 22.3 Å². The number of carbonyl (C=O) groups is 6. The highest BCUT2D eigenvalue weighted by Crippen LogP contribution is 2.51. The van der Waals surface area contributed by atoms with Crippen LogP contribution in [0.4, 0.5) is 0 Å². The van der Waals surface area contributed by atoms with Crippen LogP contribution in [-0.2, 0) is 41.9 Å². The number of fused-ring (bicyclic) bond motifs is 2. The molecule has 398 valence electrons. The molecule has 20 nitrogen and oxygen atoms in total. The molecule has 4 amide bonds. The molecule has 10 rings (SSSR count). The summed E-state index contributed by atoms with van der Waals surface area (Å²) in [6.45, 7) is 14.1. The third-order valence-electron chi connectivity index (χ3n) is 14.4. The molecule has 0 aliphatic carbocycles. The number of carboxylic acids is 2. The number of hydrogen-bond acceptors (Lipinski definition) is 14. The largest absolute Gasteiger partial charge is 0.549 e. The summed E-state index contributed by atoms with van der Waals surface area (Å²) in [7, 11) is 0. The van der Waals surface area contributed by atoms with Crippen molar-refractivity contribution in [1.82, 2.24) is 29.6 Å². The van der Waals surface area contributed by atoms with Gasteiger partial charge >= 0.3 is 0 Å². The highest BCUT2D eigenvalue weighted by molar-refractivity contribution is 8.01. The van der Waals surface area contributed by atoms with E-state index < -0.39 is 80.5 Å². The number of quaternary nitrogens is 2. The second-order valence-electron chi connectivity index (χ2n) is 20.1. The zero-order chi connectivity index (χ0) is 54.8. The molecule has 6 heterocycles. The normalized spacial score (nSPS) is 25.9. The minimum absolute atomic E-state index is 0.320. The molecule has 0 spiro atoms. The Balaban J connectivity index is 0.000000156. The highest BCUT2D eigenvalue weighted by Gasteiger charge is 2.65. The maximum atomic E-state index is 13.4. The van der Waals surface area contributed by atoms with Crippen LogP contribution in [0.3, 0.4) is 0 Å². The molecule has 22 heteroatoms. The van der Waals surface area contributed by atoms with Crippen LogP contribution >= 0.6 is 23.5 Å². The molecule has 4 N–H and O–H groups in total. The maximum absolute atomic E-state index is 13.4. The summed E-state index contributed by atoms with van der Waals surface area (Å²) in [6.07, 6.45) is 3.00. The fraction of sp³-hybridized carbons (Fsp3) is 0.370. The van der Waals surface area contributed by atoms with Gasteiger partial charge in [-0.1, -0.05) is 121 Å². The molecule has 0 aromatic heterocycles. The summed E-state index contributed by atoms with van der Waals surface area (Å²) in [5.41, 5.74) is 6.65. The molecule has 6 aliphatic heterocycles. The summed E-state index contributed by atoms with van der Waals surface area (Å²) < 4.78 is 0. The van der Waals surface area contributed by atoms with Crippen molar-refractivity contribution in [1.29, 1.82) is 0 Å². The van der Waals surface area contributed by atoms with Gasteiger partial charge in [-0.05, 0) is 63.8 Å². The SMILES string of the molecule is CC1=CN2C(=O)C(N3C(=O)[C@@H](c4ccccc4)N(N=O)C3(C)C)[C@H]2SC1C(=O)[O-].CC1=CN2C(=O)C(N3C(=O)[C@@H](c4ccccc4)N(N=O)C3(C)C)[C@H]2SC1C(=O)[O-].[NH3+]CC[NH+](Cc1ccccc1)Cc1ccccc1. The molecule has 4 unspecified atom stereocenters. The predicted octanol–water partition coefficient (Wildman–Crippen LogP) is 1.70. The number of benzene rings is 4. The summed E-state index contributed by atoms with van der Waals surface area (Å²) in [5.74, 6) is -3.97. The Morgan fingerprint density at radius 1 is 0.566 bits per heavy atom. The van der Waals surface area contributed by atoms with E-state index in [9.17, 15) is 48.8 Å². The van der Waals surface area contributed by atoms with Gasteiger partial charge in [0.05, 0.1) is 33.0 Å². The number of amides is 4. The van der Waals surface area contributed by atoms with E-state index in [0.717, 1.165) is 59.7 Å². The topological polar surface area (TPSA) is 259 Å². The van der Waals surface area contributed by atoms with E-state index >= 15 is 0 Å². The minimum atomic E-state index is -1.24. The zero-order valence-electron chi connectivity index (χ0n) is 42.8. The van der Waals surface area contributed by atoms with Crippen LogP contribution in [0.15, 0.2) is 155 Å². The summed E-state index contributed by atoms with van der Waals surface area (Å²) >= 11 is 2.12. The Morgan fingerprint density at radius 2 is 0.895 bits per heavy atom. The first-order chi connectivity index (χ1) is 36.3. The van der Waals surface area contributed by atoms with Crippen LogP contribution in [0, 0.1) is 9.81 Å². The van der Waals surface area contributed by atoms with Gasteiger partial charge in [0, 0.05) is 23.5 Å². The second kappa shape index (κ2) is 22.4. The molecular weight excluding hydrogens is 1010 g/mol. The Hall–Kier alpha value is -7.40. The van der Waals surface area contributed by atoms with Crippen LogP contribution in [0.1, 0.15) is 75.9 Å². The van der Waals surface area contributed by atoms with Gasteiger partial charge < -0.3 is 50.0 Å². The molecule has 4 saturated heterocycles. The quantitative estimate of drug-likeness (QED) is 0.135. The van der Waals surface area contributed by atoms with Crippen molar-refractivity contribution in [3.63, 3.8) is 0 Å². The fourth-order valence-electron chi connectivity index (χ4n) is 10.7. The summed E-state index contributed by atoms with van der Waals surface area (Å²) in [6, 6.07) is 35.2. The number of thioether (sulfide) groups is 2. The van der Waals surface area contributed by atoms with Gasteiger partial charge in [0.15, 0.2) is 12.1 Å². The Morgan fingerprint density at radius 3 is 1.20 bits per heavy atom. The molecule has 0 radical (unpaired) electrons. The minimum Gasteiger partial charge on any atom is -0.549 e. The smallest absolute Gasteiger partial charge is 0.254 e. The van der Waals surface area contributed by atoms with Crippen molar-refractivity contribution in [2.24, 2.45) is 10.6 Å². The molecule has 4 aromatic carbocycles. The summed E-state index contributed by atoms with van der Waals surface area (Å²) in [5, 5.41) is 28.5. The van der Waals surface area contributed by atoms with E-state index in [-0.39, 0.29) is 11.8 Å². The van der Waals surface area contributed by atoms with Gasteiger partial charge in [-0.15, -0.1) is 33.3 Å². The number of nitrogens with one attached hydrogen (secondary N) is 1. The standard InChI is InChI=1S/2C19H20N4O5S.C16H20N2/c2*1-10-9-21-15(24)13(17(21)29-14(10)18(26)27)22-16(25)12(11-7-5-4-6-8-11)23(20-28)19(22,2)3;17-11-12-18(13-15-7-3-1-4-8-15)14-16-9-5-2-6-10-16/h2*4-9,12-14,17H,1-3H3,(H,26,27);1-10H,11-14,17H2/t2*12-,13?,14?,17-;/m11./s1. The van der Waals surface area contributed by atoms with Gasteiger partial charge in [-0.25, -0.2) is 10.0 Å². The first-order valence-corrected chi connectivity index (χ1v) is 26.6. The number of nitrogens with zero attached hydrogens (tertiary/aromatic N) is 8. The second-order valence-corrected chi connectivity index (χ2v) is 22.6. The number of aliphatic carboxylic acids is 2. The average molecular weight is 1070 g/mol.